The Labute approximate surface area is 168 Å². The molecule has 3 nitrogen and oxygen atoms in total. The van der Waals surface area contributed by atoms with Gasteiger partial charge in [-0.1, -0.05) is 48.4 Å². The molecular weight excluding hydrogens is 370 g/mol. The highest BCUT2D eigenvalue weighted by Crippen LogP contribution is 2.44. The molecule has 1 fully saturated rings. The van der Waals surface area contributed by atoms with Gasteiger partial charge in [-0.05, 0) is 53.9 Å². The molecule has 2 heterocycles. The van der Waals surface area contributed by atoms with Gasteiger partial charge in [-0.3, -0.25) is 4.79 Å². The van der Waals surface area contributed by atoms with Crippen molar-refractivity contribution in [3.8, 4) is 11.3 Å². The van der Waals surface area contributed by atoms with Crippen LogP contribution in [-0.4, -0.2) is 12.5 Å². The SMILES string of the molecule is O=C1CCCCCN1c1c(-c2ccc(Cl)cc2)oc2ccc3ccccc3c12. The molecule has 0 unspecified atom stereocenters. The molecule has 3 aromatic carbocycles. The van der Waals surface area contributed by atoms with E-state index in [4.69, 9.17) is 16.0 Å². The highest BCUT2D eigenvalue weighted by Gasteiger charge is 2.27. The third-order valence-corrected chi connectivity index (χ3v) is 5.76. The van der Waals surface area contributed by atoms with Gasteiger partial charge in [0.05, 0.1) is 11.1 Å². The number of fused-ring (bicyclic) bond motifs is 3. The van der Waals surface area contributed by atoms with E-state index in [1.807, 2.05) is 47.4 Å². The number of amides is 1. The zero-order chi connectivity index (χ0) is 19.1. The molecule has 1 aliphatic heterocycles. The van der Waals surface area contributed by atoms with E-state index >= 15 is 0 Å². The first kappa shape index (κ1) is 17.3. The van der Waals surface area contributed by atoms with Gasteiger partial charge in [-0.2, -0.15) is 0 Å². The Balaban J connectivity index is 1.84. The molecule has 0 atom stereocenters. The van der Waals surface area contributed by atoms with Crippen molar-refractivity contribution in [2.75, 3.05) is 11.4 Å². The van der Waals surface area contributed by atoms with Gasteiger partial charge in [0.15, 0.2) is 5.76 Å². The van der Waals surface area contributed by atoms with Crippen molar-refractivity contribution in [2.24, 2.45) is 0 Å². The lowest BCUT2D eigenvalue weighted by Crippen LogP contribution is -2.30. The molecule has 0 spiro atoms. The molecule has 1 saturated heterocycles. The second-order valence-electron chi connectivity index (χ2n) is 7.30. The number of furan rings is 1. The van der Waals surface area contributed by atoms with Gasteiger partial charge >= 0.3 is 0 Å². The first-order chi connectivity index (χ1) is 13.7. The van der Waals surface area contributed by atoms with Crippen molar-refractivity contribution in [1.82, 2.24) is 0 Å². The van der Waals surface area contributed by atoms with Crippen LogP contribution >= 0.6 is 11.6 Å². The lowest BCUT2D eigenvalue weighted by Gasteiger charge is -2.21. The number of rotatable bonds is 2. The molecule has 0 N–H and O–H groups in total. The van der Waals surface area contributed by atoms with Gasteiger partial charge in [-0.15, -0.1) is 0 Å². The summed E-state index contributed by atoms with van der Waals surface area (Å²) < 4.78 is 6.34. The molecule has 5 rings (SSSR count). The minimum atomic E-state index is 0.170. The van der Waals surface area contributed by atoms with E-state index in [1.165, 1.54) is 0 Å². The van der Waals surface area contributed by atoms with Gasteiger partial charge in [0.1, 0.15) is 5.58 Å². The van der Waals surface area contributed by atoms with Gasteiger partial charge < -0.3 is 9.32 Å². The van der Waals surface area contributed by atoms with E-state index in [-0.39, 0.29) is 5.91 Å². The fourth-order valence-electron chi connectivity index (χ4n) is 4.13. The highest BCUT2D eigenvalue weighted by molar-refractivity contribution is 6.30. The van der Waals surface area contributed by atoms with Crippen LogP contribution in [0.25, 0.3) is 33.1 Å². The predicted molar refractivity (Wildman–Crippen MR) is 115 cm³/mol. The van der Waals surface area contributed by atoms with Crippen LogP contribution in [0.4, 0.5) is 5.69 Å². The second kappa shape index (κ2) is 6.99. The van der Waals surface area contributed by atoms with Crippen LogP contribution < -0.4 is 4.90 Å². The standard InChI is InChI=1S/C24H20ClNO2/c25-18-12-9-17(10-13-18)24-23(26-15-5-1-2-8-21(26)27)22-19-7-4-3-6-16(19)11-14-20(22)28-24/h3-4,6-7,9-14H,1-2,5,8,15H2. The van der Waals surface area contributed by atoms with Gasteiger partial charge in [-0.25, -0.2) is 0 Å². The van der Waals surface area contributed by atoms with E-state index in [0.29, 0.717) is 11.4 Å². The fourth-order valence-corrected chi connectivity index (χ4v) is 4.25. The third-order valence-electron chi connectivity index (χ3n) is 5.50. The number of anilines is 1. The molecule has 140 valence electrons. The van der Waals surface area contributed by atoms with Crippen molar-refractivity contribution in [2.45, 2.75) is 25.7 Å². The average Bonchev–Trinajstić information content (AvgIpc) is 2.98. The molecule has 28 heavy (non-hydrogen) atoms. The molecule has 1 aromatic heterocycles. The van der Waals surface area contributed by atoms with Crippen molar-refractivity contribution >= 4 is 44.9 Å². The summed E-state index contributed by atoms with van der Waals surface area (Å²) in [5.74, 6) is 0.904. The van der Waals surface area contributed by atoms with E-state index in [0.717, 1.165) is 64.6 Å². The summed E-state index contributed by atoms with van der Waals surface area (Å²) in [4.78, 5) is 14.9. The molecule has 0 bridgehead atoms. The Hall–Kier alpha value is -2.78. The number of benzene rings is 3. The van der Waals surface area contributed by atoms with Crippen LogP contribution in [-0.2, 0) is 4.79 Å². The molecular formula is C24H20ClNO2. The second-order valence-corrected chi connectivity index (χ2v) is 7.74. The molecule has 0 radical (unpaired) electrons. The number of nitrogens with zero attached hydrogens (tertiary/aromatic N) is 1. The Bertz CT molecular complexity index is 1180. The Morgan fingerprint density at radius 1 is 0.893 bits per heavy atom. The number of halogens is 1. The quantitative estimate of drug-likeness (QED) is 0.377. The van der Waals surface area contributed by atoms with E-state index in [2.05, 4.69) is 18.2 Å². The van der Waals surface area contributed by atoms with E-state index < -0.39 is 0 Å². The maximum Gasteiger partial charge on any atom is 0.227 e. The van der Waals surface area contributed by atoms with Gasteiger partial charge in [0, 0.05) is 23.6 Å². The first-order valence-corrected chi connectivity index (χ1v) is 10.1. The lowest BCUT2D eigenvalue weighted by atomic mass is 10.0. The van der Waals surface area contributed by atoms with E-state index in [1.54, 1.807) is 0 Å². The monoisotopic (exact) mass is 389 g/mol. The minimum Gasteiger partial charge on any atom is -0.454 e. The van der Waals surface area contributed by atoms with Gasteiger partial charge in [0.2, 0.25) is 5.91 Å². The van der Waals surface area contributed by atoms with Crippen LogP contribution in [0.3, 0.4) is 0 Å². The maximum atomic E-state index is 13.0. The topological polar surface area (TPSA) is 33.5 Å². The normalized spacial score (nSPS) is 15.3. The summed E-state index contributed by atoms with van der Waals surface area (Å²) in [6, 6.07) is 20.0. The smallest absolute Gasteiger partial charge is 0.227 e. The van der Waals surface area contributed by atoms with Crippen LogP contribution in [0.1, 0.15) is 25.7 Å². The third kappa shape index (κ3) is 2.87. The molecule has 1 amide bonds. The van der Waals surface area contributed by atoms with Crippen LogP contribution in [0.15, 0.2) is 65.1 Å². The number of hydrogen-bond donors (Lipinski definition) is 0. The number of carbonyl (C=O) groups excluding carboxylic acids is 1. The largest absolute Gasteiger partial charge is 0.454 e. The summed E-state index contributed by atoms with van der Waals surface area (Å²) >= 11 is 6.09. The summed E-state index contributed by atoms with van der Waals surface area (Å²) in [7, 11) is 0. The maximum absolute atomic E-state index is 13.0. The number of hydrogen-bond acceptors (Lipinski definition) is 2. The molecule has 4 heteroatoms. The molecule has 4 aromatic rings. The Morgan fingerprint density at radius 3 is 2.57 bits per heavy atom. The lowest BCUT2D eigenvalue weighted by molar-refractivity contribution is -0.118. The van der Waals surface area contributed by atoms with Crippen molar-refractivity contribution in [3.05, 3.63) is 65.7 Å². The fraction of sp³-hybridized carbons (Fsp3) is 0.208. The van der Waals surface area contributed by atoms with Crippen molar-refractivity contribution < 1.29 is 9.21 Å². The molecule has 0 aliphatic carbocycles. The Morgan fingerprint density at radius 2 is 1.71 bits per heavy atom. The highest BCUT2D eigenvalue weighted by atomic mass is 35.5. The zero-order valence-corrected chi connectivity index (χ0v) is 16.2. The first-order valence-electron chi connectivity index (χ1n) is 9.73. The number of carbonyl (C=O) groups is 1. The van der Waals surface area contributed by atoms with Crippen LogP contribution in [0.5, 0.6) is 0 Å². The summed E-state index contributed by atoms with van der Waals surface area (Å²) in [6.07, 6.45) is 3.61. The summed E-state index contributed by atoms with van der Waals surface area (Å²) in [5, 5.41) is 3.94. The molecule has 1 aliphatic rings. The predicted octanol–water partition coefficient (Wildman–Crippen LogP) is 6.81. The summed E-state index contributed by atoms with van der Waals surface area (Å²) in [5.41, 5.74) is 2.62. The van der Waals surface area contributed by atoms with Crippen molar-refractivity contribution in [1.29, 1.82) is 0 Å². The molecule has 0 saturated carbocycles. The summed E-state index contributed by atoms with van der Waals surface area (Å²) in [6.45, 7) is 0.720. The van der Waals surface area contributed by atoms with Crippen molar-refractivity contribution in [3.63, 3.8) is 0 Å². The zero-order valence-electron chi connectivity index (χ0n) is 15.5. The Kier molecular flexibility index (Phi) is 4.33. The minimum absolute atomic E-state index is 0.170. The van der Waals surface area contributed by atoms with E-state index in [9.17, 15) is 4.79 Å². The van der Waals surface area contributed by atoms with Gasteiger partial charge in [0.25, 0.3) is 0 Å². The van der Waals surface area contributed by atoms with Crippen LogP contribution in [0, 0.1) is 0 Å². The van der Waals surface area contributed by atoms with Crippen LogP contribution in [0.2, 0.25) is 5.02 Å². The average molecular weight is 390 g/mol.